The molecule has 0 fully saturated rings. The van der Waals surface area contributed by atoms with Crippen molar-refractivity contribution in [2.45, 2.75) is 46.0 Å². The highest BCUT2D eigenvalue weighted by molar-refractivity contribution is 5.82. The summed E-state index contributed by atoms with van der Waals surface area (Å²) in [6.07, 6.45) is 5.19. The number of unbranched alkanes of at least 4 members (excludes halogenated alkanes) is 2. The summed E-state index contributed by atoms with van der Waals surface area (Å²) < 4.78 is 0. The van der Waals surface area contributed by atoms with Crippen molar-refractivity contribution in [3.63, 3.8) is 0 Å². The van der Waals surface area contributed by atoms with E-state index in [4.69, 9.17) is 16.2 Å². The van der Waals surface area contributed by atoms with Crippen LogP contribution in [0.1, 0.15) is 46.0 Å². The fraction of sp³-hybridized carbons (Fsp3) is 0.923. The Morgan fingerprint density at radius 2 is 1.76 bits per heavy atom. The smallest absolute Gasteiger partial charge is 0.0963 e. The van der Waals surface area contributed by atoms with Gasteiger partial charge < -0.3 is 15.7 Å². The fourth-order valence-corrected chi connectivity index (χ4v) is 1.71. The molecule has 0 heterocycles. The van der Waals surface area contributed by atoms with Gasteiger partial charge in [0.2, 0.25) is 0 Å². The van der Waals surface area contributed by atoms with Gasteiger partial charge in [0, 0.05) is 12.0 Å². The van der Waals surface area contributed by atoms with Crippen molar-refractivity contribution in [2.24, 2.45) is 11.1 Å². The number of nitrogens with one attached hydrogen (secondary N) is 1. The number of aliphatic hydroxyl groups excluding tert-OH is 1. The molecule has 0 aliphatic heterocycles. The maximum atomic E-state index is 8.67. The first kappa shape index (κ1) is 16.4. The zero-order valence-electron chi connectivity index (χ0n) is 11.6. The van der Waals surface area contributed by atoms with Crippen molar-refractivity contribution >= 4 is 5.84 Å². The van der Waals surface area contributed by atoms with E-state index < -0.39 is 0 Å². The van der Waals surface area contributed by atoms with Gasteiger partial charge in [0.1, 0.15) is 0 Å². The molecule has 17 heavy (non-hydrogen) atoms. The van der Waals surface area contributed by atoms with Crippen molar-refractivity contribution < 1.29 is 5.11 Å². The Bertz CT molecular complexity index is 217. The Kier molecular flexibility index (Phi) is 8.17. The molecular formula is C13H29N3O. The molecule has 0 atom stereocenters. The van der Waals surface area contributed by atoms with E-state index in [0.29, 0.717) is 6.61 Å². The minimum absolute atomic E-state index is 0.169. The van der Waals surface area contributed by atoms with E-state index in [2.05, 4.69) is 11.9 Å². The first-order valence-corrected chi connectivity index (χ1v) is 6.54. The van der Waals surface area contributed by atoms with Crippen LogP contribution in [0.3, 0.4) is 0 Å². The maximum Gasteiger partial charge on any atom is 0.0963 e. The zero-order valence-corrected chi connectivity index (χ0v) is 11.6. The normalized spacial score (nSPS) is 12.1. The summed E-state index contributed by atoms with van der Waals surface area (Å²) in [5.41, 5.74) is 5.38. The minimum Gasteiger partial charge on any atom is -0.396 e. The summed E-state index contributed by atoms with van der Waals surface area (Å²) in [6, 6.07) is 0. The lowest BCUT2D eigenvalue weighted by molar-refractivity contribution is 0.268. The first-order chi connectivity index (χ1) is 7.90. The van der Waals surface area contributed by atoms with Crippen LogP contribution in [0.5, 0.6) is 0 Å². The molecule has 0 aromatic heterocycles. The second-order valence-corrected chi connectivity index (χ2v) is 5.49. The Morgan fingerprint density at radius 3 is 2.29 bits per heavy atom. The van der Waals surface area contributed by atoms with Crippen LogP contribution in [0.2, 0.25) is 0 Å². The van der Waals surface area contributed by atoms with Crippen LogP contribution >= 0.6 is 0 Å². The number of rotatable bonds is 10. The summed E-state index contributed by atoms with van der Waals surface area (Å²) in [5, 5.41) is 16.1. The number of nitrogens with two attached hydrogens (primary N) is 1. The molecule has 102 valence electrons. The van der Waals surface area contributed by atoms with Gasteiger partial charge in [-0.25, -0.2) is 0 Å². The Labute approximate surface area is 106 Å². The molecule has 0 aromatic carbocycles. The molecule has 0 unspecified atom stereocenters. The summed E-state index contributed by atoms with van der Waals surface area (Å²) in [6.45, 7) is 6.49. The third kappa shape index (κ3) is 8.16. The average molecular weight is 243 g/mol. The predicted octanol–water partition coefficient (Wildman–Crippen LogP) is 1.82. The van der Waals surface area contributed by atoms with E-state index in [1.54, 1.807) is 0 Å². The van der Waals surface area contributed by atoms with Gasteiger partial charge in [0.15, 0.2) is 0 Å². The third-order valence-electron chi connectivity index (χ3n) is 3.27. The SMILES string of the molecule is CN(CCCCCO)CCCC(C)(C)C(=N)N. The van der Waals surface area contributed by atoms with Gasteiger partial charge in [-0.1, -0.05) is 13.8 Å². The molecule has 4 N–H and O–H groups in total. The average Bonchev–Trinajstić information content (AvgIpc) is 2.24. The molecule has 0 saturated carbocycles. The van der Waals surface area contributed by atoms with Crippen LogP contribution in [0, 0.1) is 10.8 Å². The van der Waals surface area contributed by atoms with Gasteiger partial charge in [0.05, 0.1) is 5.84 Å². The van der Waals surface area contributed by atoms with Crippen molar-refractivity contribution in [3.8, 4) is 0 Å². The van der Waals surface area contributed by atoms with Crippen LogP contribution in [0.4, 0.5) is 0 Å². The van der Waals surface area contributed by atoms with E-state index in [9.17, 15) is 0 Å². The molecule has 0 amide bonds. The maximum absolute atomic E-state index is 8.67. The van der Waals surface area contributed by atoms with Crippen LogP contribution in [-0.2, 0) is 0 Å². The van der Waals surface area contributed by atoms with Gasteiger partial charge >= 0.3 is 0 Å². The molecule has 0 aromatic rings. The number of amidine groups is 1. The monoisotopic (exact) mass is 243 g/mol. The number of aliphatic hydroxyl groups is 1. The molecule has 0 bridgehead atoms. The third-order valence-corrected chi connectivity index (χ3v) is 3.27. The molecule has 0 radical (unpaired) electrons. The largest absolute Gasteiger partial charge is 0.396 e. The van der Waals surface area contributed by atoms with E-state index in [0.717, 1.165) is 45.2 Å². The number of hydrogen-bond donors (Lipinski definition) is 3. The highest BCUT2D eigenvalue weighted by Crippen LogP contribution is 2.21. The highest BCUT2D eigenvalue weighted by atomic mass is 16.2. The Balaban J connectivity index is 3.57. The zero-order chi connectivity index (χ0) is 13.3. The second-order valence-electron chi connectivity index (χ2n) is 5.49. The summed E-state index contributed by atoms with van der Waals surface area (Å²) in [4.78, 5) is 2.31. The van der Waals surface area contributed by atoms with E-state index in [-0.39, 0.29) is 11.3 Å². The van der Waals surface area contributed by atoms with Crippen molar-refractivity contribution in [1.82, 2.24) is 4.90 Å². The molecular weight excluding hydrogens is 214 g/mol. The molecule has 0 spiro atoms. The van der Waals surface area contributed by atoms with E-state index in [1.807, 2.05) is 13.8 Å². The van der Waals surface area contributed by atoms with Crippen molar-refractivity contribution in [2.75, 3.05) is 26.7 Å². The van der Waals surface area contributed by atoms with Crippen LogP contribution < -0.4 is 5.73 Å². The lowest BCUT2D eigenvalue weighted by Gasteiger charge is -2.24. The molecule has 0 aliphatic rings. The lowest BCUT2D eigenvalue weighted by atomic mass is 9.86. The molecule has 0 rings (SSSR count). The Morgan fingerprint density at radius 1 is 1.18 bits per heavy atom. The minimum atomic E-state index is -0.169. The quantitative estimate of drug-likeness (QED) is 0.311. The van der Waals surface area contributed by atoms with Crippen LogP contribution in [0.15, 0.2) is 0 Å². The second kappa shape index (κ2) is 8.48. The summed E-state index contributed by atoms with van der Waals surface area (Å²) in [7, 11) is 2.12. The summed E-state index contributed by atoms with van der Waals surface area (Å²) in [5.74, 6) is 0.281. The molecule has 4 nitrogen and oxygen atoms in total. The molecule has 0 saturated heterocycles. The van der Waals surface area contributed by atoms with Gasteiger partial charge in [-0.2, -0.15) is 0 Å². The van der Waals surface area contributed by atoms with Gasteiger partial charge in [-0.05, 0) is 52.2 Å². The standard InChI is InChI=1S/C13H29N3O/c1-13(2,12(14)15)8-7-10-16(3)9-5-4-6-11-17/h17H,4-11H2,1-3H3,(H3,14,15). The number of nitrogens with zero attached hydrogens (tertiary/aromatic N) is 1. The topological polar surface area (TPSA) is 73.3 Å². The highest BCUT2D eigenvalue weighted by Gasteiger charge is 2.20. The van der Waals surface area contributed by atoms with Gasteiger partial charge in [-0.15, -0.1) is 0 Å². The lowest BCUT2D eigenvalue weighted by Crippen LogP contribution is -2.32. The van der Waals surface area contributed by atoms with E-state index >= 15 is 0 Å². The molecule has 4 heteroatoms. The Hall–Kier alpha value is -0.610. The molecule has 0 aliphatic carbocycles. The van der Waals surface area contributed by atoms with Crippen molar-refractivity contribution in [1.29, 1.82) is 5.41 Å². The van der Waals surface area contributed by atoms with Crippen LogP contribution in [-0.4, -0.2) is 42.6 Å². The van der Waals surface area contributed by atoms with Crippen LogP contribution in [0.25, 0.3) is 0 Å². The first-order valence-electron chi connectivity index (χ1n) is 6.54. The van der Waals surface area contributed by atoms with Crippen molar-refractivity contribution in [3.05, 3.63) is 0 Å². The number of hydrogen-bond acceptors (Lipinski definition) is 3. The van der Waals surface area contributed by atoms with E-state index in [1.165, 1.54) is 0 Å². The summed E-state index contributed by atoms with van der Waals surface area (Å²) >= 11 is 0. The predicted molar refractivity (Wildman–Crippen MR) is 73.4 cm³/mol. The van der Waals surface area contributed by atoms with Gasteiger partial charge in [0.25, 0.3) is 0 Å². The fourth-order valence-electron chi connectivity index (χ4n) is 1.71. The van der Waals surface area contributed by atoms with Gasteiger partial charge in [-0.3, -0.25) is 5.41 Å².